The van der Waals surface area contributed by atoms with Gasteiger partial charge < -0.3 is 9.47 Å². The lowest BCUT2D eigenvalue weighted by molar-refractivity contribution is 0.0604. The van der Waals surface area contributed by atoms with Gasteiger partial charge in [-0.1, -0.05) is 0 Å². The number of sulfonamides is 1. The Labute approximate surface area is 126 Å². The summed E-state index contributed by atoms with van der Waals surface area (Å²) in [5, 5.41) is 0. The minimum atomic E-state index is -3.45. The molecular formula is C15H23NO4S. The van der Waals surface area contributed by atoms with E-state index in [2.05, 4.69) is 0 Å². The number of piperidine rings is 1. The molecule has 0 aliphatic carbocycles. The van der Waals surface area contributed by atoms with Gasteiger partial charge in [0.25, 0.3) is 0 Å². The molecule has 2 rings (SSSR count). The number of methoxy groups -OCH3 is 2. The van der Waals surface area contributed by atoms with Crippen LogP contribution >= 0.6 is 0 Å². The fourth-order valence-corrected chi connectivity index (χ4v) is 4.47. The van der Waals surface area contributed by atoms with Crippen LogP contribution in [0.25, 0.3) is 0 Å². The SMILES string of the molecule is COc1cc(C)c(S(=O)(=O)N2CCC(OC)CC2)cc1C. The van der Waals surface area contributed by atoms with Crippen LogP contribution < -0.4 is 4.74 Å². The fourth-order valence-electron chi connectivity index (χ4n) is 2.71. The maximum atomic E-state index is 12.8. The Bertz CT molecular complexity index is 604. The number of nitrogens with zero attached hydrogens (tertiary/aromatic N) is 1. The molecule has 0 aromatic heterocycles. The molecule has 0 amide bonds. The number of rotatable bonds is 4. The summed E-state index contributed by atoms with van der Waals surface area (Å²) >= 11 is 0. The van der Waals surface area contributed by atoms with Gasteiger partial charge in [-0.2, -0.15) is 4.31 Å². The lowest BCUT2D eigenvalue weighted by atomic mass is 10.1. The van der Waals surface area contributed by atoms with Gasteiger partial charge in [-0.25, -0.2) is 8.42 Å². The van der Waals surface area contributed by atoms with Crippen molar-refractivity contribution in [1.29, 1.82) is 0 Å². The molecule has 1 aliphatic heterocycles. The van der Waals surface area contributed by atoms with E-state index in [9.17, 15) is 8.42 Å². The molecule has 118 valence electrons. The zero-order valence-electron chi connectivity index (χ0n) is 13.0. The molecule has 1 saturated heterocycles. The zero-order valence-corrected chi connectivity index (χ0v) is 13.9. The molecule has 0 bridgehead atoms. The maximum absolute atomic E-state index is 12.8. The van der Waals surface area contributed by atoms with E-state index in [4.69, 9.17) is 9.47 Å². The third-order valence-corrected chi connectivity index (χ3v) is 6.09. The summed E-state index contributed by atoms with van der Waals surface area (Å²) in [6, 6.07) is 3.48. The largest absolute Gasteiger partial charge is 0.496 e. The monoisotopic (exact) mass is 313 g/mol. The van der Waals surface area contributed by atoms with E-state index in [1.54, 1.807) is 37.6 Å². The topological polar surface area (TPSA) is 55.8 Å². The van der Waals surface area contributed by atoms with Crippen molar-refractivity contribution >= 4 is 10.0 Å². The number of hydrogen-bond acceptors (Lipinski definition) is 4. The van der Waals surface area contributed by atoms with Gasteiger partial charge in [0.2, 0.25) is 10.0 Å². The van der Waals surface area contributed by atoms with Crippen molar-refractivity contribution in [2.75, 3.05) is 27.3 Å². The lowest BCUT2D eigenvalue weighted by Crippen LogP contribution is -2.40. The van der Waals surface area contributed by atoms with Gasteiger partial charge >= 0.3 is 0 Å². The van der Waals surface area contributed by atoms with Crippen LogP contribution in [-0.4, -0.2) is 46.1 Å². The summed E-state index contributed by atoms with van der Waals surface area (Å²) in [5.74, 6) is 0.713. The first-order valence-corrected chi connectivity index (χ1v) is 8.52. The number of aryl methyl sites for hydroxylation is 2. The Balaban J connectivity index is 2.30. The van der Waals surface area contributed by atoms with Gasteiger partial charge in [-0.15, -0.1) is 0 Å². The Morgan fingerprint density at radius 3 is 2.24 bits per heavy atom. The van der Waals surface area contributed by atoms with Gasteiger partial charge in [0.1, 0.15) is 5.75 Å². The van der Waals surface area contributed by atoms with Crippen molar-refractivity contribution in [3.63, 3.8) is 0 Å². The van der Waals surface area contributed by atoms with E-state index in [-0.39, 0.29) is 6.10 Å². The van der Waals surface area contributed by atoms with Crippen LogP contribution in [0.4, 0.5) is 0 Å². The predicted molar refractivity (Wildman–Crippen MR) is 81.3 cm³/mol. The molecule has 1 fully saturated rings. The molecule has 1 aromatic rings. The van der Waals surface area contributed by atoms with Gasteiger partial charge in [0.15, 0.2) is 0 Å². The van der Waals surface area contributed by atoms with E-state index >= 15 is 0 Å². The van der Waals surface area contributed by atoms with Crippen molar-refractivity contribution in [1.82, 2.24) is 4.31 Å². The molecule has 0 saturated carbocycles. The molecule has 0 atom stereocenters. The third kappa shape index (κ3) is 3.22. The van der Waals surface area contributed by atoms with Crippen LogP contribution in [0.5, 0.6) is 5.75 Å². The second-order valence-corrected chi connectivity index (χ2v) is 7.33. The minimum Gasteiger partial charge on any atom is -0.496 e. The average Bonchev–Trinajstić information content (AvgIpc) is 2.49. The fraction of sp³-hybridized carbons (Fsp3) is 0.600. The van der Waals surface area contributed by atoms with Gasteiger partial charge in [-0.3, -0.25) is 0 Å². The van der Waals surface area contributed by atoms with E-state index < -0.39 is 10.0 Å². The molecule has 0 spiro atoms. The summed E-state index contributed by atoms with van der Waals surface area (Å²) in [6.07, 6.45) is 1.64. The van der Waals surface area contributed by atoms with Crippen LogP contribution in [-0.2, 0) is 14.8 Å². The second-order valence-electron chi connectivity index (χ2n) is 5.43. The van der Waals surface area contributed by atoms with E-state index in [0.717, 1.165) is 18.4 Å². The number of benzene rings is 1. The van der Waals surface area contributed by atoms with E-state index in [1.165, 1.54) is 0 Å². The average molecular weight is 313 g/mol. The lowest BCUT2D eigenvalue weighted by Gasteiger charge is -2.31. The molecule has 1 aromatic carbocycles. The Hall–Kier alpha value is -1.11. The van der Waals surface area contributed by atoms with Crippen molar-refractivity contribution < 1.29 is 17.9 Å². The summed E-state index contributed by atoms with van der Waals surface area (Å²) in [5.41, 5.74) is 1.54. The maximum Gasteiger partial charge on any atom is 0.243 e. The molecule has 6 heteroatoms. The number of ether oxygens (including phenoxy) is 2. The quantitative estimate of drug-likeness (QED) is 0.854. The zero-order chi connectivity index (χ0) is 15.6. The Morgan fingerprint density at radius 1 is 1.10 bits per heavy atom. The smallest absolute Gasteiger partial charge is 0.243 e. The highest BCUT2D eigenvalue weighted by Gasteiger charge is 2.30. The van der Waals surface area contributed by atoms with Gasteiger partial charge in [0.05, 0.1) is 18.1 Å². The van der Waals surface area contributed by atoms with Crippen molar-refractivity contribution in [3.05, 3.63) is 23.3 Å². The molecule has 1 heterocycles. The molecule has 21 heavy (non-hydrogen) atoms. The van der Waals surface area contributed by atoms with Gasteiger partial charge in [-0.05, 0) is 49.9 Å². The van der Waals surface area contributed by atoms with Crippen LogP contribution in [0.1, 0.15) is 24.0 Å². The van der Waals surface area contributed by atoms with Crippen LogP contribution in [0.15, 0.2) is 17.0 Å². The van der Waals surface area contributed by atoms with E-state index in [1.807, 2.05) is 6.92 Å². The number of hydrogen-bond donors (Lipinski definition) is 0. The third-order valence-electron chi connectivity index (χ3n) is 4.04. The van der Waals surface area contributed by atoms with Crippen molar-refractivity contribution in [2.45, 2.75) is 37.7 Å². The first-order valence-electron chi connectivity index (χ1n) is 7.08. The summed E-state index contributed by atoms with van der Waals surface area (Å²) < 4.78 is 37.7. The Kier molecular flexibility index (Phi) is 4.91. The van der Waals surface area contributed by atoms with Crippen molar-refractivity contribution in [2.24, 2.45) is 0 Å². The van der Waals surface area contributed by atoms with E-state index in [0.29, 0.717) is 29.3 Å². The molecule has 0 radical (unpaired) electrons. The first-order chi connectivity index (χ1) is 9.90. The molecule has 5 nitrogen and oxygen atoms in total. The first kappa shape index (κ1) is 16.3. The Morgan fingerprint density at radius 2 is 1.71 bits per heavy atom. The highest BCUT2D eigenvalue weighted by molar-refractivity contribution is 7.89. The van der Waals surface area contributed by atoms with Gasteiger partial charge in [0, 0.05) is 20.2 Å². The van der Waals surface area contributed by atoms with Crippen LogP contribution in [0.2, 0.25) is 0 Å². The highest BCUT2D eigenvalue weighted by Crippen LogP contribution is 2.29. The summed E-state index contributed by atoms with van der Waals surface area (Å²) in [6.45, 7) is 4.67. The van der Waals surface area contributed by atoms with Crippen molar-refractivity contribution in [3.8, 4) is 5.75 Å². The highest BCUT2D eigenvalue weighted by atomic mass is 32.2. The second kappa shape index (κ2) is 6.34. The normalized spacial score (nSPS) is 17.9. The molecular weight excluding hydrogens is 290 g/mol. The summed E-state index contributed by atoms with van der Waals surface area (Å²) in [7, 11) is -0.188. The minimum absolute atomic E-state index is 0.162. The molecule has 0 unspecified atom stereocenters. The van der Waals surface area contributed by atoms with Crippen LogP contribution in [0.3, 0.4) is 0 Å². The summed E-state index contributed by atoms with van der Waals surface area (Å²) in [4.78, 5) is 0.372. The predicted octanol–water partition coefficient (Wildman–Crippen LogP) is 2.11. The molecule has 0 N–H and O–H groups in total. The standard InChI is InChI=1S/C15H23NO4S/c1-11-10-15(12(2)9-14(11)20-4)21(17,18)16-7-5-13(19-3)6-8-16/h9-10,13H,5-8H2,1-4H3. The van der Waals surface area contributed by atoms with Crippen LogP contribution in [0, 0.1) is 13.8 Å². The molecule has 1 aliphatic rings.